The van der Waals surface area contributed by atoms with E-state index in [1.54, 1.807) is 24.3 Å². The monoisotopic (exact) mass is 830 g/mol. The molecule has 1 saturated carbocycles. The average molecular weight is 832 g/mol. The maximum atomic E-state index is 14.3. The van der Waals surface area contributed by atoms with E-state index in [0.29, 0.717) is 48.8 Å². The Bertz CT molecular complexity index is 1520. The highest BCUT2D eigenvalue weighted by molar-refractivity contribution is 14.1. The van der Waals surface area contributed by atoms with Gasteiger partial charge in [-0.3, -0.25) is 14.4 Å². The third-order valence-corrected chi connectivity index (χ3v) is 10.8. The number of halogens is 3. The summed E-state index contributed by atoms with van der Waals surface area (Å²) in [4.78, 5) is 40.6. The first kappa shape index (κ1) is 39.4. The van der Waals surface area contributed by atoms with Crippen molar-refractivity contribution in [3.63, 3.8) is 0 Å². The molecule has 2 amide bonds. The van der Waals surface area contributed by atoms with Gasteiger partial charge in [0.2, 0.25) is 11.8 Å². The first-order chi connectivity index (χ1) is 23.4. The minimum absolute atomic E-state index is 0.00125. The number of nitrogens with zero attached hydrogens (tertiary/aromatic N) is 1. The summed E-state index contributed by atoms with van der Waals surface area (Å²) >= 11 is 14.6. The summed E-state index contributed by atoms with van der Waals surface area (Å²) in [5.41, 5.74) is 1.31. The van der Waals surface area contributed by atoms with Crippen molar-refractivity contribution in [2.24, 2.45) is 17.8 Å². The van der Waals surface area contributed by atoms with E-state index >= 15 is 0 Å². The Kier molecular flexibility index (Phi) is 14.6. The summed E-state index contributed by atoms with van der Waals surface area (Å²) in [6.07, 6.45) is 2.71. The van der Waals surface area contributed by atoms with Gasteiger partial charge in [0.25, 0.3) is 0 Å². The van der Waals surface area contributed by atoms with E-state index < -0.39 is 24.2 Å². The van der Waals surface area contributed by atoms with E-state index in [1.165, 1.54) is 24.2 Å². The molecule has 1 fully saturated rings. The molecule has 6 unspecified atom stereocenters. The van der Waals surface area contributed by atoms with Gasteiger partial charge < -0.3 is 34.6 Å². The van der Waals surface area contributed by atoms with Crippen molar-refractivity contribution in [3.05, 3.63) is 66.7 Å². The maximum absolute atomic E-state index is 14.3. The Labute approximate surface area is 311 Å². The normalized spacial score (nSPS) is 23.8. The number of hydrogen-bond acceptors (Lipinski definition) is 8. The van der Waals surface area contributed by atoms with Gasteiger partial charge in [-0.05, 0) is 89.1 Å². The van der Waals surface area contributed by atoms with Crippen LogP contribution in [-0.4, -0.2) is 84.4 Å². The van der Waals surface area contributed by atoms with Gasteiger partial charge in [0.05, 0.1) is 39.5 Å². The topological polar surface area (TPSA) is 135 Å². The van der Waals surface area contributed by atoms with E-state index in [4.69, 9.17) is 37.4 Å². The van der Waals surface area contributed by atoms with Gasteiger partial charge >= 0.3 is 0 Å². The van der Waals surface area contributed by atoms with E-state index in [0.717, 1.165) is 19.3 Å². The number of carbonyl (C=O) groups excluding carboxylic acids is 3. The molecule has 0 saturated heterocycles. The van der Waals surface area contributed by atoms with Crippen molar-refractivity contribution in [3.8, 4) is 11.5 Å². The summed E-state index contributed by atoms with van der Waals surface area (Å²) in [6.45, 7) is 6.12. The van der Waals surface area contributed by atoms with Crippen molar-refractivity contribution in [1.29, 1.82) is 0 Å². The highest BCUT2D eigenvalue weighted by Crippen LogP contribution is 2.38. The lowest BCUT2D eigenvalue weighted by atomic mass is 9.75. The number of amides is 2. The number of aliphatic hydroxyl groups excluding tert-OH is 2. The fourth-order valence-electron chi connectivity index (χ4n) is 6.63. The number of rotatable bonds is 14. The number of ether oxygens (including phenoxy) is 3. The van der Waals surface area contributed by atoms with E-state index in [-0.39, 0.29) is 61.8 Å². The second-order valence-electron chi connectivity index (χ2n) is 13.1. The highest BCUT2D eigenvalue weighted by Gasteiger charge is 2.42. The summed E-state index contributed by atoms with van der Waals surface area (Å²) in [5, 5.41) is 24.7. The van der Waals surface area contributed by atoms with Crippen LogP contribution in [0.5, 0.6) is 11.5 Å². The molecular weight excluding hydrogens is 786 g/mol. The molecule has 0 aromatic heterocycles. The highest BCUT2D eigenvalue weighted by atomic mass is 127. The summed E-state index contributed by atoms with van der Waals surface area (Å²) in [5.74, 6) is 0.886. The summed E-state index contributed by atoms with van der Waals surface area (Å²) in [7, 11) is 1.44. The summed E-state index contributed by atoms with van der Waals surface area (Å²) < 4.78 is 18.8. The molecule has 0 bridgehead atoms. The van der Waals surface area contributed by atoms with Crippen molar-refractivity contribution in [1.82, 2.24) is 10.2 Å². The molecule has 268 valence electrons. The van der Waals surface area contributed by atoms with Crippen molar-refractivity contribution in [2.45, 2.75) is 77.4 Å². The average Bonchev–Trinajstić information content (AvgIpc) is 3.07. The Morgan fingerprint density at radius 2 is 1.92 bits per heavy atom. The largest absolute Gasteiger partial charge is 0.493 e. The number of aliphatic hydroxyl groups is 2. The first-order valence-corrected chi connectivity index (χ1v) is 18.3. The predicted octanol–water partition coefficient (Wildman–Crippen LogP) is 5.84. The molecular formula is C36H45Cl2IN2O8. The van der Waals surface area contributed by atoms with Gasteiger partial charge in [-0.1, -0.05) is 56.5 Å². The van der Waals surface area contributed by atoms with Crippen LogP contribution in [0.3, 0.4) is 0 Å². The van der Waals surface area contributed by atoms with Crippen LogP contribution in [0.4, 0.5) is 0 Å². The van der Waals surface area contributed by atoms with Crippen molar-refractivity contribution < 1.29 is 38.8 Å². The number of benzene rings is 2. The fourth-order valence-corrected chi connectivity index (χ4v) is 7.70. The van der Waals surface area contributed by atoms with Crippen LogP contribution in [0.15, 0.2) is 42.0 Å². The molecule has 2 aromatic carbocycles. The zero-order chi connectivity index (χ0) is 35.8. The molecule has 2 aliphatic rings. The zero-order valence-electron chi connectivity index (χ0n) is 28.2. The molecule has 10 nitrogen and oxygen atoms in total. The third-order valence-electron chi connectivity index (χ3n) is 9.30. The first-order valence-electron chi connectivity index (χ1n) is 16.5. The Hall–Kier alpha value is -2.42. The lowest BCUT2D eigenvalue weighted by Gasteiger charge is -2.41. The smallest absolute Gasteiger partial charge is 0.249 e. The molecule has 0 spiro atoms. The number of methoxy groups -OCH3 is 1. The Morgan fingerprint density at radius 3 is 2.57 bits per heavy atom. The number of aldehydes is 1. The van der Waals surface area contributed by atoms with Crippen molar-refractivity contribution in [2.75, 3.05) is 26.9 Å². The van der Waals surface area contributed by atoms with Gasteiger partial charge in [-0.15, -0.1) is 0 Å². The molecule has 0 aliphatic heterocycles. The lowest BCUT2D eigenvalue weighted by Crippen LogP contribution is -2.55. The molecule has 4 rings (SSSR count). The van der Waals surface area contributed by atoms with Gasteiger partial charge in [-0.25, -0.2) is 0 Å². The minimum Gasteiger partial charge on any atom is -0.493 e. The van der Waals surface area contributed by atoms with E-state index in [1.807, 2.05) is 22.6 Å². The zero-order valence-corrected chi connectivity index (χ0v) is 31.8. The number of nitrogens with one attached hydrogen (secondary N) is 1. The van der Waals surface area contributed by atoms with Gasteiger partial charge in [0.15, 0.2) is 11.5 Å². The Balaban J connectivity index is 1.71. The fraction of sp³-hybridized carbons (Fsp3) is 0.528. The SMILES string of the molecule is COc1cc(C=O)cc(I)c1OC1C=C(C(=O)NCCO)CC(N(Cc2ccc(Cl)c(Cl)c2)C(=O)COC2CC(C)CCC2C(C)C)C1O. The quantitative estimate of drug-likeness (QED) is 0.160. The van der Waals surface area contributed by atoms with Crippen LogP contribution in [0, 0.1) is 21.3 Å². The molecule has 49 heavy (non-hydrogen) atoms. The van der Waals surface area contributed by atoms with Crippen LogP contribution < -0.4 is 14.8 Å². The second kappa shape index (κ2) is 18.2. The minimum atomic E-state index is -1.30. The van der Waals surface area contributed by atoms with Crippen molar-refractivity contribution >= 4 is 63.9 Å². The number of hydrogen-bond donors (Lipinski definition) is 3. The number of carbonyl (C=O) groups is 3. The van der Waals surface area contributed by atoms with E-state index in [9.17, 15) is 24.6 Å². The molecule has 2 aromatic rings. The van der Waals surface area contributed by atoms with Crippen LogP contribution in [0.1, 0.15) is 62.4 Å². The molecule has 13 heteroatoms. The second-order valence-corrected chi connectivity index (χ2v) is 15.1. The Morgan fingerprint density at radius 1 is 1.16 bits per heavy atom. The van der Waals surface area contributed by atoms with Gasteiger partial charge in [0.1, 0.15) is 25.1 Å². The van der Waals surface area contributed by atoms with Gasteiger partial charge in [0, 0.05) is 30.6 Å². The van der Waals surface area contributed by atoms with Crippen LogP contribution in [0.2, 0.25) is 10.0 Å². The molecule has 3 N–H and O–H groups in total. The molecule has 0 radical (unpaired) electrons. The molecule has 6 atom stereocenters. The summed E-state index contributed by atoms with van der Waals surface area (Å²) in [6, 6.07) is 7.26. The third kappa shape index (κ3) is 10.1. The van der Waals surface area contributed by atoms with Crippen LogP contribution in [0.25, 0.3) is 0 Å². The molecule has 2 aliphatic carbocycles. The lowest BCUT2D eigenvalue weighted by molar-refractivity contribution is -0.149. The van der Waals surface area contributed by atoms with E-state index in [2.05, 4.69) is 26.1 Å². The molecule has 0 heterocycles. The van der Waals surface area contributed by atoms with Gasteiger partial charge in [-0.2, -0.15) is 0 Å². The maximum Gasteiger partial charge on any atom is 0.249 e. The van der Waals surface area contributed by atoms with Crippen LogP contribution in [-0.2, 0) is 20.9 Å². The predicted molar refractivity (Wildman–Crippen MR) is 196 cm³/mol. The van der Waals surface area contributed by atoms with Crippen LogP contribution >= 0.6 is 45.8 Å². The standard InChI is InChI=1S/C36H45Cl2IN2O8/c1-20(2)25-7-5-21(3)11-30(25)48-19-33(44)41(17-22-6-8-26(37)27(38)12-22)29-15-24(36(46)40-9-10-42)16-31(34(29)45)49-35-28(39)13-23(18-43)14-32(35)47-4/h6,8,12-14,16,18,20-21,25,29-31,34,42,45H,5,7,9-11,15,17,19H2,1-4H3,(H,40,46).